The van der Waals surface area contributed by atoms with E-state index in [2.05, 4.69) is 20.8 Å². The Morgan fingerprint density at radius 3 is 2.53 bits per heavy atom. The summed E-state index contributed by atoms with van der Waals surface area (Å²) in [6.45, 7) is 6.83. The van der Waals surface area contributed by atoms with Crippen LogP contribution in [-0.4, -0.2) is 29.4 Å². The highest BCUT2D eigenvalue weighted by Crippen LogP contribution is 2.36. The van der Waals surface area contributed by atoms with Gasteiger partial charge in [-0.1, -0.05) is 20.8 Å². The van der Waals surface area contributed by atoms with Crippen LogP contribution in [0.2, 0.25) is 0 Å². The molecule has 4 nitrogen and oxygen atoms in total. The number of hydrogen-bond acceptors (Lipinski definition) is 4. The first-order valence-corrected chi connectivity index (χ1v) is 7.29. The summed E-state index contributed by atoms with van der Waals surface area (Å²) in [7, 11) is 0. The number of carboxylic acid groups (broad SMARTS) is 1. The van der Waals surface area contributed by atoms with Crippen molar-refractivity contribution in [2.45, 2.75) is 45.4 Å². The summed E-state index contributed by atoms with van der Waals surface area (Å²) in [6, 6.07) is 1.83. The Hall–Kier alpha value is -1.07. The summed E-state index contributed by atoms with van der Waals surface area (Å²) < 4.78 is 5.57. The maximum Gasteiger partial charge on any atom is 0.349 e. The minimum Gasteiger partial charge on any atom is -0.492 e. The van der Waals surface area contributed by atoms with Crippen molar-refractivity contribution >= 4 is 17.3 Å². The van der Waals surface area contributed by atoms with E-state index in [4.69, 9.17) is 9.84 Å². The standard InChI is InChI=1S/C14H22O4S/c1-14(2,3)11-9-10(12(19-11)13(16)17)18-8-6-4-5-7-15/h9,15H,4-8H2,1-3H3,(H,16,17). The molecule has 0 aliphatic carbocycles. The number of thiophene rings is 1. The van der Waals surface area contributed by atoms with Gasteiger partial charge in [0.15, 0.2) is 4.88 Å². The van der Waals surface area contributed by atoms with Gasteiger partial charge in [0, 0.05) is 11.5 Å². The van der Waals surface area contributed by atoms with Gasteiger partial charge in [-0.3, -0.25) is 0 Å². The van der Waals surface area contributed by atoms with Crippen LogP contribution in [0.3, 0.4) is 0 Å². The molecular weight excluding hydrogens is 264 g/mol. The number of aliphatic hydroxyl groups is 1. The van der Waals surface area contributed by atoms with E-state index in [0.29, 0.717) is 12.4 Å². The lowest BCUT2D eigenvalue weighted by atomic mass is 9.95. The van der Waals surface area contributed by atoms with E-state index in [1.807, 2.05) is 6.07 Å². The lowest BCUT2D eigenvalue weighted by molar-refractivity contribution is 0.0698. The fraction of sp³-hybridized carbons (Fsp3) is 0.643. The van der Waals surface area contributed by atoms with Crippen LogP contribution >= 0.6 is 11.3 Å². The number of ether oxygens (including phenoxy) is 1. The van der Waals surface area contributed by atoms with Crippen LogP contribution in [0.5, 0.6) is 5.75 Å². The van der Waals surface area contributed by atoms with E-state index in [1.54, 1.807) is 0 Å². The Kier molecular flexibility index (Phi) is 5.82. The number of aliphatic hydroxyl groups excluding tert-OH is 1. The molecule has 0 fully saturated rings. The molecular formula is C14H22O4S. The van der Waals surface area contributed by atoms with E-state index < -0.39 is 5.97 Å². The monoisotopic (exact) mass is 286 g/mol. The molecule has 1 rings (SSSR count). The van der Waals surface area contributed by atoms with Crippen LogP contribution in [0.25, 0.3) is 0 Å². The summed E-state index contributed by atoms with van der Waals surface area (Å²) in [5, 5.41) is 17.9. The second-order valence-electron chi connectivity index (χ2n) is 5.49. The fourth-order valence-corrected chi connectivity index (χ4v) is 2.57. The van der Waals surface area contributed by atoms with Gasteiger partial charge in [0.05, 0.1) is 6.61 Å². The van der Waals surface area contributed by atoms with Crippen LogP contribution in [0, 0.1) is 0 Å². The Labute approximate surface area is 118 Å². The zero-order valence-corrected chi connectivity index (χ0v) is 12.5. The summed E-state index contributed by atoms with van der Waals surface area (Å²) in [5.74, 6) is -0.475. The average Bonchev–Trinajstić information content (AvgIpc) is 2.72. The van der Waals surface area contributed by atoms with E-state index >= 15 is 0 Å². The fourth-order valence-electron chi connectivity index (χ4n) is 1.57. The van der Waals surface area contributed by atoms with Gasteiger partial charge in [-0.2, -0.15) is 0 Å². The highest BCUT2D eigenvalue weighted by Gasteiger charge is 2.23. The van der Waals surface area contributed by atoms with Gasteiger partial charge in [-0.05, 0) is 30.7 Å². The van der Waals surface area contributed by atoms with E-state index in [-0.39, 0.29) is 16.9 Å². The van der Waals surface area contributed by atoms with Crippen molar-refractivity contribution in [1.29, 1.82) is 0 Å². The molecule has 0 aliphatic heterocycles. The maximum atomic E-state index is 11.2. The summed E-state index contributed by atoms with van der Waals surface area (Å²) in [5.41, 5.74) is -0.0760. The zero-order valence-electron chi connectivity index (χ0n) is 11.7. The summed E-state index contributed by atoms with van der Waals surface area (Å²) in [6.07, 6.45) is 2.46. The average molecular weight is 286 g/mol. The Bertz CT molecular complexity index is 418. The second kappa shape index (κ2) is 6.91. The van der Waals surface area contributed by atoms with Gasteiger partial charge in [-0.25, -0.2) is 4.79 Å². The summed E-state index contributed by atoms with van der Waals surface area (Å²) >= 11 is 1.28. The molecule has 0 radical (unpaired) electrons. The molecule has 19 heavy (non-hydrogen) atoms. The molecule has 0 unspecified atom stereocenters. The third-order valence-corrected chi connectivity index (χ3v) is 4.22. The molecule has 2 N–H and O–H groups in total. The molecule has 1 aromatic rings. The normalized spacial score (nSPS) is 11.6. The molecule has 1 aromatic heterocycles. The van der Waals surface area contributed by atoms with Crippen molar-refractivity contribution in [2.75, 3.05) is 13.2 Å². The van der Waals surface area contributed by atoms with Crippen molar-refractivity contribution in [3.8, 4) is 5.75 Å². The quantitative estimate of drug-likeness (QED) is 0.755. The van der Waals surface area contributed by atoms with Crippen LogP contribution in [-0.2, 0) is 5.41 Å². The van der Waals surface area contributed by atoms with Crippen molar-refractivity contribution in [1.82, 2.24) is 0 Å². The molecule has 0 spiro atoms. The predicted octanol–water partition coefficient (Wildman–Crippen LogP) is 3.29. The van der Waals surface area contributed by atoms with Crippen molar-refractivity contribution in [3.63, 3.8) is 0 Å². The minimum atomic E-state index is -0.939. The maximum absolute atomic E-state index is 11.2. The lowest BCUT2D eigenvalue weighted by Crippen LogP contribution is -2.08. The molecule has 0 bridgehead atoms. The minimum absolute atomic E-state index is 0.0760. The zero-order chi connectivity index (χ0) is 14.5. The van der Waals surface area contributed by atoms with Gasteiger partial charge in [0.2, 0.25) is 0 Å². The number of aromatic carboxylic acids is 1. The molecule has 0 amide bonds. The molecule has 0 aromatic carbocycles. The van der Waals surface area contributed by atoms with Gasteiger partial charge in [-0.15, -0.1) is 11.3 Å². The Morgan fingerprint density at radius 2 is 2.00 bits per heavy atom. The van der Waals surface area contributed by atoms with Crippen LogP contribution in [0.1, 0.15) is 54.6 Å². The van der Waals surface area contributed by atoms with Gasteiger partial charge < -0.3 is 14.9 Å². The summed E-state index contributed by atoms with van der Waals surface area (Å²) in [4.78, 5) is 12.5. The Morgan fingerprint density at radius 1 is 1.32 bits per heavy atom. The van der Waals surface area contributed by atoms with E-state index in [1.165, 1.54) is 11.3 Å². The molecule has 0 saturated heterocycles. The molecule has 0 aliphatic rings. The molecule has 108 valence electrons. The highest BCUT2D eigenvalue weighted by atomic mass is 32.1. The molecule has 5 heteroatoms. The third-order valence-electron chi connectivity index (χ3n) is 2.69. The molecule has 0 atom stereocenters. The number of unbranched alkanes of at least 4 members (excludes halogenated alkanes) is 2. The van der Waals surface area contributed by atoms with Crippen molar-refractivity contribution in [2.24, 2.45) is 0 Å². The van der Waals surface area contributed by atoms with Crippen LogP contribution in [0.15, 0.2) is 6.07 Å². The van der Waals surface area contributed by atoms with Gasteiger partial charge in [0.1, 0.15) is 5.75 Å². The number of carboxylic acids is 1. The van der Waals surface area contributed by atoms with Crippen LogP contribution in [0.4, 0.5) is 0 Å². The number of carbonyl (C=O) groups is 1. The lowest BCUT2D eigenvalue weighted by Gasteiger charge is -2.14. The smallest absolute Gasteiger partial charge is 0.349 e. The number of hydrogen-bond donors (Lipinski definition) is 2. The number of rotatable bonds is 7. The largest absolute Gasteiger partial charge is 0.492 e. The predicted molar refractivity (Wildman–Crippen MR) is 76.4 cm³/mol. The topological polar surface area (TPSA) is 66.8 Å². The SMILES string of the molecule is CC(C)(C)c1cc(OCCCCCO)c(C(=O)O)s1. The highest BCUT2D eigenvalue weighted by molar-refractivity contribution is 7.14. The first-order valence-electron chi connectivity index (χ1n) is 6.47. The van der Waals surface area contributed by atoms with Crippen LogP contribution < -0.4 is 4.74 Å². The van der Waals surface area contributed by atoms with E-state index in [0.717, 1.165) is 24.1 Å². The van der Waals surface area contributed by atoms with Crippen molar-refractivity contribution < 1.29 is 19.7 Å². The van der Waals surface area contributed by atoms with E-state index in [9.17, 15) is 9.90 Å². The first kappa shape index (κ1) is 16.0. The molecule has 0 saturated carbocycles. The van der Waals surface area contributed by atoms with Gasteiger partial charge >= 0.3 is 5.97 Å². The Balaban J connectivity index is 2.70. The third kappa shape index (κ3) is 4.84. The second-order valence-corrected chi connectivity index (χ2v) is 6.54. The van der Waals surface area contributed by atoms with Crippen molar-refractivity contribution in [3.05, 3.63) is 15.8 Å². The molecule has 1 heterocycles. The van der Waals surface area contributed by atoms with Gasteiger partial charge in [0.25, 0.3) is 0 Å². The first-order chi connectivity index (χ1) is 8.86.